The topological polar surface area (TPSA) is 78.4 Å². The maximum Gasteiger partial charge on any atom is 0.248 e. The summed E-state index contributed by atoms with van der Waals surface area (Å²) in [6, 6.07) is 13.3. The molecule has 1 unspecified atom stereocenters. The predicted octanol–water partition coefficient (Wildman–Crippen LogP) is 1.28. The lowest BCUT2D eigenvalue weighted by Crippen LogP contribution is -2.38. The van der Waals surface area contributed by atoms with Crippen LogP contribution in [0, 0.1) is 0 Å². The van der Waals surface area contributed by atoms with E-state index in [1.54, 1.807) is 6.07 Å². The van der Waals surface area contributed by atoms with E-state index in [1.807, 2.05) is 36.4 Å². The highest BCUT2D eigenvalue weighted by Crippen LogP contribution is 2.22. The van der Waals surface area contributed by atoms with E-state index < -0.39 is 12.0 Å². The predicted molar refractivity (Wildman–Crippen MR) is 77.3 cm³/mol. The molecule has 0 spiro atoms. The fraction of sp³-hybridized carbons (Fsp3) is 0.200. The van der Waals surface area contributed by atoms with Gasteiger partial charge >= 0.3 is 0 Å². The molecule has 104 valence electrons. The fourth-order valence-electron chi connectivity index (χ4n) is 1.84. The van der Waals surface area contributed by atoms with Crippen LogP contribution in [-0.4, -0.2) is 29.6 Å². The largest absolute Gasteiger partial charge is 0.384 e. The van der Waals surface area contributed by atoms with Gasteiger partial charge in [0.25, 0.3) is 0 Å². The maximum atomic E-state index is 11.8. The standard InChI is InChI=1S/C15H16N2O3/c1-10(18)15(20)16-9-14(19)17-13-8-4-6-11-5-2-3-7-12(11)13/h2-8,10,18H,9H2,1H3,(H,16,20)(H,17,19). The Morgan fingerprint density at radius 1 is 1.15 bits per heavy atom. The lowest BCUT2D eigenvalue weighted by atomic mass is 10.1. The van der Waals surface area contributed by atoms with Crippen molar-refractivity contribution in [3.8, 4) is 0 Å². The molecule has 0 radical (unpaired) electrons. The third-order valence-corrected chi connectivity index (χ3v) is 2.87. The molecule has 1 atom stereocenters. The number of rotatable bonds is 4. The number of aliphatic hydroxyl groups is 1. The third-order valence-electron chi connectivity index (χ3n) is 2.87. The molecule has 0 aliphatic heterocycles. The Balaban J connectivity index is 2.05. The molecule has 2 aromatic rings. The van der Waals surface area contributed by atoms with Gasteiger partial charge in [0.1, 0.15) is 6.10 Å². The van der Waals surface area contributed by atoms with Crippen LogP contribution >= 0.6 is 0 Å². The van der Waals surface area contributed by atoms with Crippen LogP contribution in [0.4, 0.5) is 5.69 Å². The summed E-state index contributed by atoms with van der Waals surface area (Å²) in [5, 5.41) is 16.1. The van der Waals surface area contributed by atoms with Crippen molar-refractivity contribution in [1.82, 2.24) is 5.32 Å². The molecule has 0 aliphatic carbocycles. The Hall–Kier alpha value is -2.40. The van der Waals surface area contributed by atoms with Crippen LogP contribution in [0.3, 0.4) is 0 Å². The zero-order chi connectivity index (χ0) is 14.5. The third kappa shape index (κ3) is 3.33. The molecule has 0 heterocycles. The van der Waals surface area contributed by atoms with Gasteiger partial charge in [0, 0.05) is 11.1 Å². The highest BCUT2D eigenvalue weighted by atomic mass is 16.3. The van der Waals surface area contributed by atoms with Gasteiger partial charge < -0.3 is 15.7 Å². The van der Waals surface area contributed by atoms with Gasteiger partial charge in [-0.2, -0.15) is 0 Å². The molecule has 0 bridgehead atoms. The van der Waals surface area contributed by atoms with Crippen molar-refractivity contribution in [2.75, 3.05) is 11.9 Å². The molecular weight excluding hydrogens is 256 g/mol. The Morgan fingerprint density at radius 3 is 2.60 bits per heavy atom. The highest BCUT2D eigenvalue weighted by molar-refractivity contribution is 6.03. The second-order valence-corrected chi connectivity index (χ2v) is 4.47. The maximum absolute atomic E-state index is 11.8. The van der Waals surface area contributed by atoms with E-state index in [0.717, 1.165) is 10.8 Å². The Bertz CT molecular complexity index is 633. The van der Waals surface area contributed by atoms with Crippen LogP contribution in [0.2, 0.25) is 0 Å². The van der Waals surface area contributed by atoms with Crippen LogP contribution in [0.5, 0.6) is 0 Å². The lowest BCUT2D eigenvalue weighted by Gasteiger charge is -2.10. The van der Waals surface area contributed by atoms with Crippen molar-refractivity contribution in [2.24, 2.45) is 0 Å². The van der Waals surface area contributed by atoms with Gasteiger partial charge in [-0.05, 0) is 18.4 Å². The first-order valence-corrected chi connectivity index (χ1v) is 6.31. The fourth-order valence-corrected chi connectivity index (χ4v) is 1.84. The van der Waals surface area contributed by atoms with Gasteiger partial charge in [0.05, 0.1) is 6.54 Å². The van der Waals surface area contributed by atoms with Crippen LogP contribution in [0.25, 0.3) is 10.8 Å². The molecule has 0 saturated heterocycles. The Labute approximate surface area is 116 Å². The minimum absolute atomic E-state index is 0.174. The van der Waals surface area contributed by atoms with Crippen LogP contribution < -0.4 is 10.6 Å². The van der Waals surface area contributed by atoms with Gasteiger partial charge in [0.15, 0.2) is 0 Å². The molecule has 2 aromatic carbocycles. The van der Waals surface area contributed by atoms with Crippen molar-refractivity contribution < 1.29 is 14.7 Å². The van der Waals surface area contributed by atoms with Crippen molar-refractivity contribution >= 4 is 28.3 Å². The first kappa shape index (κ1) is 14.0. The first-order chi connectivity index (χ1) is 9.58. The smallest absolute Gasteiger partial charge is 0.248 e. The summed E-state index contributed by atoms with van der Waals surface area (Å²) in [5.74, 6) is -0.909. The summed E-state index contributed by atoms with van der Waals surface area (Å²) in [6.07, 6.45) is -1.12. The van der Waals surface area contributed by atoms with Crippen LogP contribution in [-0.2, 0) is 9.59 Å². The molecule has 5 heteroatoms. The molecule has 0 aliphatic rings. The number of benzene rings is 2. The molecule has 5 nitrogen and oxygen atoms in total. The number of fused-ring (bicyclic) bond motifs is 1. The average molecular weight is 272 g/mol. The van der Waals surface area contributed by atoms with Crippen molar-refractivity contribution in [3.63, 3.8) is 0 Å². The van der Waals surface area contributed by atoms with Gasteiger partial charge in [-0.25, -0.2) is 0 Å². The number of hydrogen-bond donors (Lipinski definition) is 3. The summed E-state index contributed by atoms with van der Waals surface area (Å²) in [5.41, 5.74) is 0.694. The summed E-state index contributed by atoms with van der Waals surface area (Å²) < 4.78 is 0. The van der Waals surface area contributed by atoms with E-state index in [0.29, 0.717) is 5.69 Å². The number of hydrogen-bond acceptors (Lipinski definition) is 3. The zero-order valence-corrected chi connectivity index (χ0v) is 11.1. The number of nitrogens with one attached hydrogen (secondary N) is 2. The van der Waals surface area contributed by atoms with Crippen LogP contribution in [0.1, 0.15) is 6.92 Å². The SMILES string of the molecule is CC(O)C(=O)NCC(=O)Nc1cccc2ccccc12. The van der Waals surface area contributed by atoms with E-state index in [2.05, 4.69) is 10.6 Å². The van der Waals surface area contributed by atoms with Crippen molar-refractivity contribution in [2.45, 2.75) is 13.0 Å². The van der Waals surface area contributed by atoms with E-state index in [4.69, 9.17) is 5.11 Å². The minimum atomic E-state index is -1.12. The van der Waals surface area contributed by atoms with Crippen molar-refractivity contribution in [3.05, 3.63) is 42.5 Å². The van der Waals surface area contributed by atoms with E-state index >= 15 is 0 Å². The quantitative estimate of drug-likeness (QED) is 0.784. The van der Waals surface area contributed by atoms with E-state index in [1.165, 1.54) is 6.92 Å². The molecule has 2 rings (SSSR count). The monoisotopic (exact) mass is 272 g/mol. The number of carbonyl (C=O) groups excluding carboxylic acids is 2. The normalized spacial score (nSPS) is 11.9. The van der Waals surface area contributed by atoms with E-state index in [9.17, 15) is 9.59 Å². The Morgan fingerprint density at radius 2 is 1.85 bits per heavy atom. The summed E-state index contributed by atoms with van der Waals surface area (Å²) in [7, 11) is 0. The van der Waals surface area contributed by atoms with Gasteiger partial charge in [0.2, 0.25) is 11.8 Å². The number of amides is 2. The number of anilines is 1. The van der Waals surface area contributed by atoms with Crippen molar-refractivity contribution in [1.29, 1.82) is 0 Å². The molecule has 0 fully saturated rings. The van der Waals surface area contributed by atoms with E-state index in [-0.39, 0.29) is 12.5 Å². The molecule has 3 N–H and O–H groups in total. The average Bonchev–Trinajstić information content (AvgIpc) is 2.45. The summed E-state index contributed by atoms with van der Waals surface area (Å²) in [4.78, 5) is 22.9. The Kier molecular flexibility index (Phi) is 4.32. The summed E-state index contributed by atoms with van der Waals surface area (Å²) >= 11 is 0. The molecular formula is C15H16N2O3. The second-order valence-electron chi connectivity index (χ2n) is 4.47. The molecule has 20 heavy (non-hydrogen) atoms. The molecule has 0 aromatic heterocycles. The van der Waals surface area contributed by atoms with Gasteiger partial charge in [-0.1, -0.05) is 36.4 Å². The number of carbonyl (C=O) groups is 2. The molecule has 2 amide bonds. The van der Waals surface area contributed by atoms with Crippen LogP contribution in [0.15, 0.2) is 42.5 Å². The number of aliphatic hydroxyl groups excluding tert-OH is 1. The van der Waals surface area contributed by atoms with Gasteiger partial charge in [-0.15, -0.1) is 0 Å². The minimum Gasteiger partial charge on any atom is -0.384 e. The van der Waals surface area contributed by atoms with Gasteiger partial charge in [-0.3, -0.25) is 9.59 Å². The molecule has 0 saturated carbocycles. The zero-order valence-electron chi connectivity index (χ0n) is 11.1. The lowest BCUT2D eigenvalue weighted by molar-refractivity contribution is -0.130. The second kappa shape index (κ2) is 6.16. The summed E-state index contributed by atoms with van der Waals surface area (Å²) in [6.45, 7) is 1.17. The highest BCUT2D eigenvalue weighted by Gasteiger charge is 2.11. The first-order valence-electron chi connectivity index (χ1n) is 6.31.